The van der Waals surface area contributed by atoms with Crippen LogP contribution in [0, 0.1) is 12.7 Å². The predicted octanol–water partition coefficient (Wildman–Crippen LogP) is 2.28. The van der Waals surface area contributed by atoms with Gasteiger partial charge in [-0.15, -0.1) is 0 Å². The molecule has 1 rings (SSSR count). The van der Waals surface area contributed by atoms with Crippen molar-refractivity contribution in [2.45, 2.75) is 13.3 Å². The largest absolute Gasteiger partial charge is 0.298 e. The predicted molar refractivity (Wildman–Crippen MR) is 39.3 cm³/mol. The fourth-order valence-corrected chi connectivity index (χ4v) is 0.949. The molecule has 1 aromatic rings. The zero-order valence-corrected chi connectivity index (χ0v) is 6.72. The molecule has 0 aliphatic heterocycles. The van der Waals surface area contributed by atoms with Crippen LogP contribution in [-0.2, 0) is 0 Å². The summed E-state index contributed by atoms with van der Waals surface area (Å²) in [6.07, 6.45) is -2.89. The van der Waals surface area contributed by atoms with Gasteiger partial charge in [-0.25, -0.2) is 13.2 Å². The van der Waals surface area contributed by atoms with Crippen molar-refractivity contribution < 1.29 is 18.0 Å². The van der Waals surface area contributed by atoms with Gasteiger partial charge in [0.05, 0.1) is 5.56 Å². The molecular weight excluding hydrogens is 183 g/mol. The lowest BCUT2D eigenvalue weighted by molar-refractivity contribution is 0.109. The molecule has 0 spiro atoms. The minimum atomic E-state index is -2.94. The first-order valence-corrected chi connectivity index (χ1v) is 3.46. The number of nitrogens with zero attached hydrogens (tertiary/aromatic N) is 1. The summed E-state index contributed by atoms with van der Waals surface area (Å²) in [7, 11) is 0. The van der Waals surface area contributed by atoms with E-state index in [1.165, 1.54) is 6.92 Å². The molecule has 0 aliphatic carbocycles. The minimum Gasteiger partial charge on any atom is -0.298 e. The highest BCUT2D eigenvalue weighted by atomic mass is 19.3. The molecule has 0 aromatic carbocycles. The normalized spacial score (nSPS) is 10.5. The summed E-state index contributed by atoms with van der Waals surface area (Å²) in [6.45, 7) is 1.38. The maximum absolute atomic E-state index is 12.9. The van der Waals surface area contributed by atoms with Crippen molar-refractivity contribution in [3.8, 4) is 0 Å². The van der Waals surface area contributed by atoms with Gasteiger partial charge in [0.2, 0.25) is 0 Å². The zero-order valence-electron chi connectivity index (χ0n) is 6.72. The highest BCUT2D eigenvalue weighted by Crippen LogP contribution is 2.22. The van der Waals surface area contributed by atoms with E-state index >= 15 is 0 Å². The first-order valence-electron chi connectivity index (χ1n) is 3.46. The van der Waals surface area contributed by atoms with Crippen molar-refractivity contribution in [3.63, 3.8) is 0 Å². The summed E-state index contributed by atoms with van der Waals surface area (Å²) in [5, 5.41) is 0. The molecule has 0 atom stereocenters. The Kier molecular flexibility index (Phi) is 2.65. The summed E-state index contributed by atoms with van der Waals surface area (Å²) in [4.78, 5) is 13.6. The second-order valence-electron chi connectivity index (χ2n) is 2.46. The number of hydrogen-bond acceptors (Lipinski definition) is 2. The SMILES string of the molecule is Cc1cc(F)c(C=O)c(C(F)F)n1. The van der Waals surface area contributed by atoms with Gasteiger partial charge in [0.25, 0.3) is 6.43 Å². The molecule has 2 nitrogen and oxygen atoms in total. The zero-order chi connectivity index (χ0) is 10.0. The molecule has 5 heteroatoms. The third-order valence-corrected chi connectivity index (χ3v) is 1.49. The number of halogens is 3. The molecule has 0 N–H and O–H groups in total. The number of carbonyl (C=O) groups excluding carboxylic acids is 1. The number of aryl methyl sites for hydroxylation is 1. The van der Waals surface area contributed by atoms with Gasteiger partial charge < -0.3 is 0 Å². The Bertz CT molecular complexity index is 338. The first-order chi connectivity index (χ1) is 6.06. The lowest BCUT2D eigenvalue weighted by atomic mass is 10.2. The van der Waals surface area contributed by atoms with Gasteiger partial charge >= 0.3 is 0 Å². The minimum absolute atomic E-state index is 0.0449. The van der Waals surface area contributed by atoms with Crippen LogP contribution in [0.25, 0.3) is 0 Å². The standard InChI is InChI=1S/C8H6F3NO/c1-4-2-6(9)5(3-13)7(12-4)8(10)11/h2-3,8H,1H3. The average Bonchev–Trinajstić information content (AvgIpc) is 2.02. The molecule has 0 saturated carbocycles. The summed E-state index contributed by atoms with van der Waals surface area (Å²) < 4.78 is 37.2. The topological polar surface area (TPSA) is 30.0 Å². The summed E-state index contributed by atoms with van der Waals surface area (Å²) in [5.41, 5.74) is -1.34. The lowest BCUT2D eigenvalue weighted by Crippen LogP contribution is -2.02. The van der Waals surface area contributed by atoms with E-state index in [0.717, 1.165) is 6.07 Å². The van der Waals surface area contributed by atoms with Crippen LogP contribution in [-0.4, -0.2) is 11.3 Å². The molecule has 0 aliphatic rings. The Hall–Kier alpha value is -1.39. The van der Waals surface area contributed by atoms with Crippen LogP contribution < -0.4 is 0 Å². The number of aldehydes is 1. The number of pyridine rings is 1. The van der Waals surface area contributed by atoms with E-state index in [4.69, 9.17) is 0 Å². The van der Waals surface area contributed by atoms with E-state index in [0.29, 0.717) is 0 Å². The highest BCUT2D eigenvalue weighted by Gasteiger charge is 2.18. The Balaban J connectivity index is 3.38. The van der Waals surface area contributed by atoms with E-state index in [-0.39, 0.29) is 12.0 Å². The van der Waals surface area contributed by atoms with Crippen molar-refractivity contribution in [2.24, 2.45) is 0 Å². The van der Waals surface area contributed by atoms with Crippen molar-refractivity contribution in [1.82, 2.24) is 4.98 Å². The third-order valence-electron chi connectivity index (χ3n) is 1.49. The monoisotopic (exact) mass is 189 g/mol. The molecule has 70 valence electrons. The van der Waals surface area contributed by atoms with Crippen molar-refractivity contribution in [2.75, 3.05) is 0 Å². The van der Waals surface area contributed by atoms with Crippen LogP contribution in [0.1, 0.15) is 28.2 Å². The Morgan fingerprint density at radius 1 is 1.54 bits per heavy atom. The number of carbonyl (C=O) groups is 1. The van der Waals surface area contributed by atoms with Crippen molar-refractivity contribution in [3.05, 3.63) is 28.8 Å². The quantitative estimate of drug-likeness (QED) is 0.668. The van der Waals surface area contributed by atoms with Crippen LogP contribution in [0.4, 0.5) is 13.2 Å². The van der Waals surface area contributed by atoms with Gasteiger partial charge in [-0.1, -0.05) is 0 Å². The number of alkyl halides is 2. The van der Waals surface area contributed by atoms with Gasteiger partial charge in [0.15, 0.2) is 6.29 Å². The first kappa shape index (κ1) is 9.70. The summed E-state index contributed by atoms with van der Waals surface area (Å²) >= 11 is 0. The Labute approximate surface area is 72.4 Å². The van der Waals surface area contributed by atoms with Gasteiger partial charge in [-0.2, -0.15) is 0 Å². The molecule has 0 unspecified atom stereocenters. The van der Waals surface area contributed by atoms with Crippen LogP contribution in [0.2, 0.25) is 0 Å². The number of aromatic nitrogens is 1. The highest BCUT2D eigenvalue weighted by molar-refractivity contribution is 5.77. The molecule has 1 aromatic heterocycles. The van der Waals surface area contributed by atoms with Crippen molar-refractivity contribution in [1.29, 1.82) is 0 Å². The summed E-state index contributed by atoms with van der Waals surface area (Å²) in [5.74, 6) is -0.960. The molecule has 13 heavy (non-hydrogen) atoms. The fraction of sp³-hybridized carbons (Fsp3) is 0.250. The van der Waals surface area contributed by atoms with Crippen LogP contribution >= 0.6 is 0 Å². The second-order valence-corrected chi connectivity index (χ2v) is 2.46. The molecule has 0 saturated heterocycles. The summed E-state index contributed by atoms with van der Waals surface area (Å²) in [6, 6.07) is 0.940. The number of rotatable bonds is 2. The van der Waals surface area contributed by atoms with E-state index in [1.54, 1.807) is 0 Å². The van der Waals surface area contributed by atoms with Gasteiger partial charge in [0.1, 0.15) is 11.5 Å². The van der Waals surface area contributed by atoms with Gasteiger partial charge in [-0.05, 0) is 13.0 Å². The maximum Gasteiger partial charge on any atom is 0.281 e. The molecule has 0 bridgehead atoms. The van der Waals surface area contributed by atoms with Crippen LogP contribution in [0.3, 0.4) is 0 Å². The van der Waals surface area contributed by atoms with E-state index in [9.17, 15) is 18.0 Å². The second kappa shape index (κ2) is 3.55. The van der Waals surface area contributed by atoms with E-state index in [1.807, 2.05) is 0 Å². The average molecular weight is 189 g/mol. The van der Waals surface area contributed by atoms with Gasteiger partial charge in [-0.3, -0.25) is 9.78 Å². The van der Waals surface area contributed by atoms with Crippen LogP contribution in [0.5, 0.6) is 0 Å². The van der Waals surface area contributed by atoms with E-state index in [2.05, 4.69) is 4.98 Å². The molecule has 1 heterocycles. The maximum atomic E-state index is 12.9. The van der Waals surface area contributed by atoms with Crippen molar-refractivity contribution >= 4 is 6.29 Å². The Morgan fingerprint density at radius 2 is 2.15 bits per heavy atom. The van der Waals surface area contributed by atoms with E-state index < -0.39 is 23.5 Å². The fourth-order valence-electron chi connectivity index (χ4n) is 0.949. The molecule has 0 radical (unpaired) electrons. The van der Waals surface area contributed by atoms with Crippen LogP contribution in [0.15, 0.2) is 6.07 Å². The number of hydrogen-bond donors (Lipinski definition) is 0. The van der Waals surface area contributed by atoms with Gasteiger partial charge in [0, 0.05) is 5.69 Å². The third kappa shape index (κ3) is 1.85. The molecular formula is C8H6F3NO. The smallest absolute Gasteiger partial charge is 0.281 e. The molecule has 0 amide bonds. The molecule has 0 fully saturated rings. The Morgan fingerprint density at radius 3 is 2.62 bits per heavy atom. The lowest BCUT2D eigenvalue weighted by Gasteiger charge is -2.04.